The third-order valence-corrected chi connectivity index (χ3v) is 6.25. The van der Waals surface area contributed by atoms with Crippen molar-refractivity contribution in [1.82, 2.24) is 4.90 Å². The quantitative estimate of drug-likeness (QED) is 0.748. The van der Waals surface area contributed by atoms with Crippen LogP contribution >= 0.6 is 11.6 Å². The number of fused-ring (bicyclic) bond motifs is 1. The zero-order valence-corrected chi connectivity index (χ0v) is 18.5. The Labute approximate surface area is 187 Å². The Morgan fingerprint density at radius 3 is 2.55 bits per heavy atom. The Morgan fingerprint density at radius 1 is 1.26 bits per heavy atom. The highest BCUT2D eigenvalue weighted by Gasteiger charge is 2.55. The zero-order valence-electron chi connectivity index (χ0n) is 17.8. The lowest BCUT2D eigenvalue weighted by atomic mass is 9.58. The van der Waals surface area contributed by atoms with Gasteiger partial charge in [-0.1, -0.05) is 24.6 Å². The Hall–Kier alpha value is -3.18. The van der Waals surface area contributed by atoms with Gasteiger partial charge in [0.2, 0.25) is 0 Å². The molecule has 0 radical (unpaired) electrons. The third kappa shape index (κ3) is 3.59. The van der Waals surface area contributed by atoms with Crippen LogP contribution in [-0.4, -0.2) is 38.8 Å². The van der Waals surface area contributed by atoms with Crippen molar-refractivity contribution in [3.8, 4) is 29.7 Å². The first-order valence-corrected chi connectivity index (χ1v) is 10.4. The number of methoxy groups -OCH3 is 1. The van der Waals surface area contributed by atoms with Gasteiger partial charge in [0.05, 0.1) is 37.1 Å². The fourth-order valence-corrected chi connectivity index (χ4v) is 4.71. The van der Waals surface area contributed by atoms with Gasteiger partial charge >= 0.3 is 0 Å². The molecule has 3 rings (SSSR count). The normalized spacial score (nSPS) is 22.4. The molecule has 1 aromatic carbocycles. The summed E-state index contributed by atoms with van der Waals surface area (Å²) in [7, 11) is 3.47. The molecule has 0 saturated carbocycles. The molecule has 1 heterocycles. The summed E-state index contributed by atoms with van der Waals surface area (Å²) in [5.41, 5.74) is 6.09. The Bertz CT molecular complexity index is 1060. The van der Waals surface area contributed by atoms with Crippen molar-refractivity contribution < 1.29 is 9.47 Å². The fraction of sp³-hybridized carbons (Fsp3) is 0.435. The minimum absolute atomic E-state index is 0.0293. The minimum Gasteiger partial charge on any atom is -0.493 e. The summed E-state index contributed by atoms with van der Waals surface area (Å²) in [6.07, 6.45) is 2.76. The third-order valence-electron chi connectivity index (χ3n) is 5.93. The maximum absolute atomic E-state index is 10.2. The van der Waals surface area contributed by atoms with Gasteiger partial charge in [0, 0.05) is 36.0 Å². The second-order valence-electron chi connectivity index (χ2n) is 7.77. The van der Waals surface area contributed by atoms with E-state index in [1.807, 2.05) is 20.0 Å². The van der Waals surface area contributed by atoms with E-state index >= 15 is 0 Å². The Morgan fingerprint density at radius 2 is 1.97 bits per heavy atom. The van der Waals surface area contributed by atoms with Gasteiger partial charge in [-0.2, -0.15) is 15.8 Å². The number of benzene rings is 1. The van der Waals surface area contributed by atoms with Gasteiger partial charge < -0.3 is 20.1 Å². The Balaban J connectivity index is 2.30. The maximum Gasteiger partial charge on any atom is 0.191 e. The molecule has 0 amide bonds. The van der Waals surface area contributed by atoms with Gasteiger partial charge in [0.25, 0.3) is 0 Å². The van der Waals surface area contributed by atoms with Gasteiger partial charge in [-0.3, -0.25) is 0 Å². The van der Waals surface area contributed by atoms with Crippen molar-refractivity contribution in [3.63, 3.8) is 0 Å². The molecule has 2 N–H and O–H groups in total. The van der Waals surface area contributed by atoms with Gasteiger partial charge in [-0.15, -0.1) is 0 Å². The van der Waals surface area contributed by atoms with E-state index in [4.69, 9.17) is 26.8 Å². The van der Waals surface area contributed by atoms with E-state index in [2.05, 4.69) is 23.1 Å². The lowest BCUT2D eigenvalue weighted by molar-refractivity contribution is 0.237. The Kier molecular flexibility index (Phi) is 6.46. The molecule has 2 unspecified atom stereocenters. The molecule has 1 aliphatic carbocycles. The molecule has 7 nitrogen and oxygen atoms in total. The van der Waals surface area contributed by atoms with Crippen molar-refractivity contribution in [2.24, 2.45) is 17.1 Å². The van der Waals surface area contributed by atoms with Crippen LogP contribution < -0.4 is 15.2 Å². The molecule has 0 spiro atoms. The predicted molar refractivity (Wildman–Crippen MR) is 116 cm³/mol. The summed E-state index contributed by atoms with van der Waals surface area (Å²) >= 11 is 6.69. The van der Waals surface area contributed by atoms with Crippen LogP contribution in [0.4, 0.5) is 0 Å². The molecule has 2 aliphatic rings. The number of likely N-dealkylation sites (N-methyl/N-ethyl adjacent to an activating group) is 1. The van der Waals surface area contributed by atoms with Crippen molar-refractivity contribution in [2.45, 2.75) is 19.3 Å². The molecular formula is C23H24ClN5O2. The minimum atomic E-state index is -1.74. The van der Waals surface area contributed by atoms with Crippen LogP contribution in [-0.2, 0) is 0 Å². The van der Waals surface area contributed by atoms with E-state index in [0.29, 0.717) is 41.8 Å². The van der Waals surface area contributed by atoms with Crippen molar-refractivity contribution in [1.29, 1.82) is 15.8 Å². The molecule has 0 bridgehead atoms. The van der Waals surface area contributed by atoms with Crippen LogP contribution in [0.1, 0.15) is 24.8 Å². The first kappa shape index (κ1) is 22.5. The van der Waals surface area contributed by atoms with Crippen molar-refractivity contribution in [3.05, 3.63) is 45.6 Å². The first-order valence-electron chi connectivity index (χ1n) is 10.00. The predicted octanol–water partition coefficient (Wildman–Crippen LogP) is 3.49. The van der Waals surface area contributed by atoms with Crippen LogP contribution in [0, 0.1) is 45.3 Å². The summed E-state index contributed by atoms with van der Waals surface area (Å²) in [5.74, 6) is -0.0491. The van der Waals surface area contributed by atoms with Crippen LogP contribution in [0.15, 0.2) is 35.1 Å². The summed E-state index contributed by atoms with van der Waals surface area (Å²) in [6.45, 7) is 3.68. The van der Waals surface area contributed by atoms with Crippen LogP contribution in [0.5, 0.6) is 11.5 Å². The standard InChI is InChI=1S/C23H24ClN5O2/c1-4-7-31-20-9-18(24)15(8-19(20)30-3)21-17-11-29(2)6-5-14(17)16(10-25)22(28)23(21,12-26)13-27/h5,8-9,17,21H,4,6-7,11,28H2,1-3H3. The summed E-state index contributed by atoms with van der Waals surface area (Å²) in [5, 5.41) is 30.5. The lowest BCUT2D eigenvalue weighted by Gasteiger charge is -2.45. The topological polar surface area (TPSA) is 119 Å². The van der Waals surface area contributed by atoms with Gasteiger partial charge in [-0.05, 0) is 30.7 Å². The molecular weight excluding hydrogens is 414 g/mol. The number of nitriles is 3. The van der Waals surface area contributed by atoms with Crippen LogP contribution in [0.3, 0.4) is 0 Å². The number of nitrogens with two attached hydrogens (primary N) is 1. The highest BCUT2D eigenvalue weighted by Crippen LogP contribution is 2.56. The van der Waals surface area contributed by atoms with Crippen molar-refractivity contribution >= 4 is 11.6 Å². The average Bonchev–Trinajstić information content (AvgIpc) is 2.77. The van der Waals surface area contributed by atoms with Gasteiger partial charge in [0.1, 0.15) is 6.07 Å². The molecule has 8 heteroatoms. The smallest absolute Gasteiger partial charge is 0.191 e. The fourth-order valence-electron chi connectivity index (χ4n) is 4.44. The average molecular weight is 438 g/mol. The molecule has 31 heavy (non-hydrogen) atoms. The number of rotatable bonds is 5. The molecule has 1 aromatic rings. The van der Waals surface area contributed by atoms with E-state index in [-0.39, 0.29) is 17.2 Å². The highest BCUT2D eigenvalue weighted by atomic mass is 35.5. The van der Waals surface area contributed by atoms with Gasteiger partial charge in [-0.25, -0.2) is 0 Å². The number of allylic oxidation sites excluding steroid dienone is 2. The maximum atomic E-state index is 10.2. The SMILES string of the molecule is CCCOc1cc(Cl)c(C2C3CN(C)CC=C3C(C#N)=C(N)C2(C#N)C#N)cc1OC. The number of ether oxygens (including phenoxy) is 2. The van der Waals surface area contributed by atoms with Crippen LogP contribution in [0.25, 0.3) is 0 Å². The molecule has 0 aromatic heterocycles. The first-order chi connectivity index (χ1) is 14.9. The molecule has 0 fully saturated rings. The second kappa shape index (κ2) is 8.90. The highest BCUT2D eigenvalue weighted by molar-refractivity contribution is 6.31. The number of hydrogen-bond donors (Lipinski definition) is 1. The molecule has 2 atom stereocenters. The second-order valence-corrected chi connectivity index (χ2v) is 8.18. The van der Waals surface area contributed by atoms with Crippen molar-refractivity contribution in [2.75, 3.05) is 33.9 Å². The number of nitrogens with zero attached hydrogens (tertiary/aromatic N) is 4. The monoisotopic (exact) mass is 437 g/mol. The van der Waals surface area contributed by atoms with E-state index in [1.165, 1.54) is 7.11 Å². The van der Waals surface area contributed by atoms with E-state index in [1.54, 1.807) is 12.1 Å². The summed E-state index contributed by atoms with van der Waals surface area (Å²) in [4.78, 5) is 2.07. The summed E-state index contributed by atoms with van der Waals surface area (Å²) in [6, 6.07) is 9.73. The van der Waals surface area contributed by atoms with E-state index in [9.17, 15) is 15.8 Å². The lowest BCUT2D eigenvalue weighted by Crippen LogP contribution is -2.47. The number of hydrogen-bond acceptors (Lipinski definition) is 7. The molecule has 1 aliphatic heterocycles. The summed E-state index contributed by atoms with van der Waals surface area (Å²) < 4.78 is 11.3. The van der Waals surface area contributed by atoms with E-state index < -0.39 is 11.3 Å². The molecule has 0 saturated heterocycles. The van der Waals surface area contributed by atoms with E-state index in [0.717, 1.165) is 12.0 Å². The van der Waals surface area contributed by atoms with Gasteiger partial charge in [0.15, 0.2) is 16.9 Å². The molecule has 160 valence electrons. The zero-order chi connectivity index (χ0) is 22.8. The van der Waals surface area contributed by atoms with Crippen LogP contribution in [0.2, 0.25) is 5.02 Å². The number of halogens is 1. The largest absolute Gasteiger partial charge is 0.493 e.